The summed E-state index contributed by atoms with van der Waals surface area (Å²) in [5, 5.41) is 5.68. The molecule has 3 aromatic heterocycles. The van der Waals surface area contributed by atoms with Crippen LogP contribution in [-0.4, -0.2) is 24.6 Å². The Morgan fingerprint density at radius 3 is 2.74 bits per heavy atom. The van der Waals surface area contributed by atoms with Crippen molar-refractivity contribution in [2.45, 2.75) is 27.2 Å². The van der Waals surface area contributed by atoms with Crippen LogP contribution >= 0.6 is 11.3 Å². The predicted molar refractivity (Wildman–Crippen MR) is 75.2 cm³/mol. The Morgan fingerprint density at radius 2 is 2.05 bits per heavy atom. The lowest BCUT2D eigenvalue weighted by Gasteiger charge is -1.99. The van der Waals surface area contributed by atoms with E-state index < -0.39 is 0 Å². The second-order valence-corrected chi connectivity index (χ2v) is 5.98. The van der Waals surface area contributed by atoms with Crippen LogP contribution in [0.15, 0.2) is 18.6 Å². The zero-order valence-corrected chi connectivity index (χ0v) is 12.0. The monoisotopic (exact) mass is 273 g/mol. The van der Waals surface area contributed by atoms with Gasteiger partial charge in [-0.2, -0.15) is 5.10 Å². The van der Waals surface area contributed by atoms with Crippen LogP contribution < -0.4 is 0 Å². The first-order valence-corrected chi connectivity index (χ1v) is 7.08. The van der Waals surface area contributed by atoms with E-state index in [1.54, 1.807) is 23.7 Å². The van der Waals surface area contributed by atoms with E-state index in [4.69, 9.17) is 0 Å². The fourth-order valence-electron chi connectivity index (χ4n) is 1.95. The second-order valence-electron chi connectivity index (χ2n) is 4.94. The summed E-state index contributed by atoms with van der Waals surface area (Å²) in [4.78, 5) is 14.1. The average molecular weight is 273 g/mol. The Bertz CT molecular complexity index is 681. The number of imidazole rings is 1. The standard InChI is InChI=1S/C13H15N5S/c1-8(2)6-11-17-18-7-10(16-13(18)19-11)12-9(3)14-4-5-15-12/h4-5,7-8H,6H2,1-3H3. The van der Waals surface area contributed by atoms with Crippen molar-refractivity contribution < 1.29 is 0 Å². The molecule has 0 aromatic carbocycles. The summed E-state index contributed by atoms with van der Waals surface area (Å²) in [5.41, 5.74) is 2.54. The summed E-state index contributed by atoms with van der Waals surface area (Å²) in [6.07, 6.45) is 6.30. The molecular formula is C13H15N5S. The van der Waals surface area contributed by atoms with Gasteiger partial charge in [0.05, 0.1) is 11.9 Å². The Balaban J connectivity index is 1.99. The van der Waals surface area contributed by atoms with Gasteiger partial charge in [0.1, 0.15) is 16.4 Å². The van der Waals surface area contributed by atoms with E-state index in [0.29, 0.717) is 5.92 Å². The van der Waals surface area contributed by atoms with Crippen molar-refractivity contribution in [3.63, 3.8) is 0 Å². The highest BCUT2D eigenvalue weighted by Gasteiger charge is 2.13. The van der Waals surface area contributed by atoms with Crippen LogP contribution in [0, 0.1) is 12.8 Å². The molecule has 0 aliphatic carbocycles. The van der Waals surface area contributed by atoms with Crippen LogP contribution in [0.3, 0.4) is 0 Å². The number of aromatic nitrogens is 5. The first-order chi connectivity index (χ1) is 9.13. The van der Waals surface area contributed by atoms with Crippen LogP contribution in [0.1, 0.15) is 24.5 Å². The molecule has 0 bridgehead atoms. The molecule has 0 amide bonds. The first kappa shape index (κ1) is 12.2. The zero-order chi connectivity index (χ0) is 13.4. The molecule has 5 nitrogen and oxygen atoms in total. The fraction of sp³-hybridized carbons (Fsp3) is 0.385. The maximum absolute atomic E-state index is 4.59. The average Bonchev–Trinajstić information content (AvgIpc) is 2.86. The molecule has 0 aliphatic rings. The molecule has 0 spiro atoms. The maximum atomic E-state index is 4.59. The summed E-state index contributed by atoms with van der Waals surface area (Å²) in [6.45, 7) is 6.32. The van der Waals surface area contributed by atoms with E-state index >= 15 is 0 Å². The Kier molecular flexibility index (Phi) is 3.02. The smallest absolute Gasteiger partial charge is 0.212 e. The van der Waals surface area contributed by atoms with Crippen molar-refractivity contribution >= 4 is 16.3 Å². The van der Waals surface area contributed by atoms with E-state index in [0.717, 1.165) is 33.5 Å². The number of fused-ring (bicyclic) bond motifs is 1. The van der Waals surface area contributed by atoms with Crippen molar-refractivity contribution in [1.82, 2.24) is 24.6 Å². The third kappa shape index (κ3) is 2.35. The molecule has 0 saturated carbocycles. The summed E-state index contributed by atoms with van der Waals surface area (Å²) in [6, 6.07) is 0. The number of aryl methyl sites for hydroxylation is 1. The van der Waals surface area contributed by atoms with Gasteiger partial charge in [0.25, 0.3) is 0 Å². The number of hydrogen-bond donors (Lipinski definition) is 0. The van der Waals surface area contributed by atoms with Gasteiger partial charge in [-0.1, -0.05) is 25.2 Å². The van der Waals surface area contributed by atoms with Crippen molar-refractivity contribution in [1.29, 1.82) is 0 Å². The second kappa shape index (κ2) is 4.70. The molecule has 0 N–H and O–H groups in total. The summed E-state index contributed by atoms with van der Waals surface area (Å²) in [7, 11) is 0. The molecule has 0 unspecified atom stereocenters. The molecule has 3 heterocycles. The number of hydrogen-bond acceptors (Lipinski definition) is 5. The van der Waals surface area contributed by atoms with Crippen molar-refractivity contribution in [2.75, 3.05) is 0 Å². The predicted octanol–water partition coefficient (Wildman–Crippen LogP) is 2.75. The number of nitrogens with zero attached hydrogens (tertiary/aromatic N) is 5. The third-order valence-electron chi connectivity index (χ3n) is 2.79. The zero-order valence-electron chi connectivity index (χ0n) is 11.2. The Labute approximate surface area is 115 Å². The van der Waals surface area contributed by atoms with Gasteiger partial charge in [-0.25, -0.2) is 9.50 Å². The maximum Gasteiger partial charge on any atom is 0.212 e. The van der Waals surface area contributed by atoms with Crippen LogP contribution in [-0.2, 0) is 6.42 Å². The molecule has 3 rings (SSSR count). The van der Waals surface area contributed by atoms with Crippen molar-refractivity contribution in [2.24, 2.45) is 5.92 Å². The topological polar surface area (TPSA) is 56.0 Å². The lowest BCUT2D eigenvalue weighted by atomic mass is 10.1. The van der Waals surface area contributed by atoms with Gasteiger partial charge >= 0.3 is 0 Å². The molecule has 19 heavy (non-hydrogen) atoms. The van der Waals surface area contributed by atoms with Gasteiger partial charge in [-0.3, -0.25) is 9.97 Å². The van der Waals surface area contributed by atoms with Crippen LogP contribution in [0.4, 0.5) is 0 Å². The Morgan fingerprint density at radius 1 is 1.26 bits per heavy atom. The molecule has 98 valence electrons. The van der Waals surface area contributed by atoms with Gasteiger partial charge in [0.15, 0.2) is 0 Å². The van der Waals surface area contributed by atoms with E-state index in [1.165, 1.54) is 0 Å². The summed E-state index contributed by atoms with van der Waals surface area (Å²) >= 11 is 1.64. The van der Waals surface area contributed by atoms with Gasteiger partial charge in [-0.15, -0.1) is 0 Å². The highest BCUT2D eigenvalue weighted by molar-refractivity contribution is 7.16. The van der Waals surface area contributed by atoms with Gasteiger partial charge in [-0.05, 0) is 12.8 Å². The van der Waals surface area contributed by atoms with Crippen LogP contribution in [0.25, 0.3) is 16.3 Å². The minimum absolute atomic E-state index is 0.609. The summed E-state index contributed by atoms with van der Waals surface area (Å²) < 4.78 is 1.84. The van der Waals surface area contributed by atoms with E-state index in [2.05, 4.69) is 33.9 Å². The van der Waals surface area contributed by atoms with Gasteiger partial charge < -0.3 is 0 Å². The SMILES string of the molecule is Cc1nccnc1-c1cn2nc(CC(C)C)sc2n1. The molecule has 6 heteroatoms. The molecule has 0 saturated heterocycles. The quantitative estimate of drug-likeness (QED) is 0.736. The van der Waals surface area contributed by atoms with E-state index in [1.807, 2.05) is 17.6 Å². The minimum atomic E-state index is 0.609. The first-order valence-electron chi connectivity index (χ1n) is 6.26. The molecule has 0 fully saturated rings. The molecular weight excluding hydrogens is 258 g/mol. The highest BCUT2D eigenvalue weighted by Crippen LogP contribution is 2.23. The minimum Gasteiger partial charge on any atom is -0.258 e. The summed E-state index contributed by atoms with van der Waals surface area (Å²) in [5.74, 6) is 0.609. The van der Waals surface area contributed by atoms with E-state index in [9.17, 15) is 0 Å². The lowest BCUT2D eigenvalue weighted by Crippen LogP contribution is -1.94. The van der Waals surface area contributed by atoms with Crippen molar-refractivity contribution in [3.05, 3.63) is 29.3 Å². The van der Waals surface area contributed by atoms with Gasteiger partial charge in [0.2, 0.25) is 4.96 Å². The van der Waals surface area contributed by atoms with E-state index in [-0.39, 0.29) is 0 Å². The molecule has 0 radical (unpaired) electrons. The largest absolute Gasteiger partial charge is 0.258 e. The van der Waals surface area contributed by atoms with Gasteiger partial charge in [0, 0.05) is 18.8 Å². The lowest BCUT2D eigenvalue weighted by molar-refractivity contribution is 0.637. The van der Waals surface area contributed by atoms with Crippen molar-refractivity contribution in [3.8, 4) is 11.4 Å². The number of rotatable bonds is 3. The Hall–Kier alpha value is -1.82. The van der Waals surface area contributed by atoms with Crippen LogP contribution in [0.5, 0.6) is 0 Å². The molecule has 0 aliphatic heterocycles. The highest BCUT2D eigenvalue weighted by atomic mass is 32.1. The molecule has 3 aromatic rings. The normalized spacial score (nSPS) is 11.6. The van der Waals surface area contributed by atoms with Crippen LogP contribution in [0.2, 0.25) is 0 Å². The third-order valence-corrected chi connectivity index (χ3v) is 3.74. The fourth-order valence-corrected chi connectivity index (χ4v) is 3.03. The molecule has 0 atom stereocenters.